The van der Waals surface area contributed by atoms with Gasteiger partial charge in [0.1, 0.15) is 0 Å². The summed E-state index contributed by atoms with van der Waals surface area (Å²) in [6, 6.07) is 9.06. The highest BCUT2D eigenvalue weighted by Crippen LogP contribution is 2.66. The summed E-state index contributed by atoms with van der Waals surface area (Å²) >= 11 is 0. The van der Waals surface area contributed by atoms with Gasteiger partial charge in [0.25, 0.3) is 0 Å². The maximum atomic E-state index is 13.9. The molecule has 1 aromatic carbocycles. The minimum absolute atomic E-state index is 0.0326. The fourth-order valence-electron chi connectivity index (χ4n) is 7.79. The third kappa shape index (κ3) is 3.02. The second-order valence-electron chi connectivity index (χ2n) is 10.8. The summed E-state index contributed by atoms with van der Waals surface area (Å²) in [5, 5.41) is 9.44. The van der Waals surface area contributed by atoms with Crippen LogP contribution in [-0.2, 0) is 15.0 Å². The lowest BCUT2D eigenvalue weighted by Crippen LogP contribution is -2.60. The largest absolute Gasteiger partial charge is 0.481 e. The Kier molecular flexibility index (Phi) is 4.34. The molecule has 5 aliphatic rings. The molecule has 156 valence electrons. The average Bonchev–Trinajstić information content (AvgIpc) is 2.66. The van der Waals surface area contributed by atoms with Crippen molar-refractivity contribution in [3.63, 3.8) is 0 Å². The summed E-state index contributed by atoms with van der Waals surface area (Å²) in [6.45, 7) is 5.33. The Morgan fingerprint density at radius 3 is 2.31 bits per heavy atom. The Bertz CT molecular complexity index is 815. The molecule has 4 unspecified atom stereocenters. The lowest BCUT2D eigenvalue weighted by atomic mass is 9.42. The number of rotatable bonds is 3. The molecule has 0 spiro atoms. The predicted octanol–water partition coefficient (Wildman–Crippen LogP) is 4.40. The lowest BCUT2D eigenvalue weighted by molar-refractivity contribution is -0.165. The highest BCUT2D eigenvalue weighted by molar-refractivity contribution is 5.84. The summed E-state index contributed by atoms with van der Waals surface area (Å²) in [7, 11) is 0. The molecule has 1 amide bonds. The molecule has 5 fully saturated rings. The molecule has 4 saturated carbocycles. The van der Waals surface area contributed by atoms with Crippen molar-refractivity contribution in [2.45, 2.75) is 64.2 Å². The Balaban J connectivity index is 1.42. The molecule has 1 heterocycles. The van der Waals surface area contributed by atoms with E-state index in [1.165, 1.54) is 30.4 Å². The van der Waals surface area contributed by atoms with Gasteiger partial charge in [-0.2, -0.15) is 0 Å². The van der Waals surface area contributed by atoms with Crippen LogP contribution in [0.2, 0.25) is 0 Å². The van der Waals surface area contributed by atoms with Gasteiger partial charge in [0, 0.05) is 13.1 Å². The standard InChI is InChI=1S/C25H33NO3/c1-16-3-5-20(6-4-16)24-10-18-9-19(11-24)13-25(12-18,15-24)23(29)26-8-7-21(22(27)28)17(2)14-26/h3-6,17-19,21H,7-15H2,1-2H3,(H,27,28). The molecule has 1 saturated heterocycles. The first-order chi connectivity index (χ1) is 13.8. The molecule has 0 aromatic heterocycles. The predicted molar refractivity (Wildman–Crippen MR) is 111 cm³/mol. The summed E-state index contributed by atoms with van der Waals surface area (Å²) in [6.07, 6.45) is 7.43. The van der Waals surface area contributed by atoms with Crippen LogP contribution in [-0.4, -0.2) is 35.0 Å². The summed E-state index contributed by atoms with van der Waals surface area (Å²) in [5.74, 6) is 0.668. The molecule has 6 rings (SSSR count). The first kappa shape index (κ1) is 19.1. The number of aryl methyl sites for hydroxylation is 1. The molecule has 29 heavy (non-hydrogen) atoms. The van der Waals surface area contributed by atoms with Crippen molar-refractivity contribution in [1.82, 2.24) is 4.90 Å². The number of carboxylic acid groups (broad SMARTS) is 1. The van der Waals surface area contributed by atoms with Gasteiger partial charge in [0.15, 0.2) is 0 Å². The van der Waals surface area contributed by atoms with Gasteiger partial charge in [0.2, 0.25) is 5.91 Å². The first-order valence-corrected chi connectivity index (χ1v) is 11.4. The smallest absolute Gasteiger partial charge is 0.306 e. The molecule has 4 bridgehead atoms. The molecule has 4 atom stereocenters. The molecular weight excluding hydrogens is 362 g/mol. The van der Waals surface area contributed by atoms with Crippen LogP contribution in [0.4, 0.5) is 0 Å². The average molecular weight is 396 g/mol. The number of piperidine rings is 1. The number of carbonyl (C=O) groups excluding carboxylic acids is 1. The molecule has 4 heteroatoms. The summed E-state index contributed by atoms with van der Waals surface area (Å²) in [4.78, 5) is 27.4. The van der Waals surface area contributed by atoms with Crippen molar-refractivity contribution in [3.8, 4) is 0 Å². The van der Waals surface area contributed by atoms with E-state index in [1.54, 1.807) is 0 Å². The first-order valence-electron chi connectivity index (χ1n) is 11.4. The molecule has 1 aromatic rings. The monoisotopic (exact) mass is 395 g/mol. The Morgan fingerprint density at radius 1 is 1.07 bits per heavy atom. The van der Waals surface area contributed by atoms with E-state index in [0.717, 1.165) is 19.3 Å². The van der Waals surface area contributed by atoms with E-state index < -0.39 is 5.97 Å². The van der Waals surface area contributed by atoms with Crippen LogP contribution >= 0.6 is 0 Å². The lowest BCUT2D eigenvalue weighted by Gasteiger charge is -2.62. The maximum absolute atomic E-state index is 13.9. The van der Waals surface area contributed by atoms with E-state index in [1.807, 2.05) is 11.8 Å². The van der Waals surface area contributed by atoms with Gasteiger partial charge >= 0.3 is 5.97 Å². The number of aliphatic carboxylic acids is 1. The highest BCUT2D eigenvalue weighted by Gasteiger charge is 2.61. The molecular formula is C25H33NO3. The van der Waals surface area contributed by atoms with Gasteiger partial charge in [-0.05, 0) is 80.6 Å². The van der Waals surface area contributed by atoms with Crippen LogP contribution in [0, 0.1) is 36.0 Å². The zero-order valence-corrected chi connectivity index (χ0v) is 17.7. The summed E-state index contributed by atoms with van der Waals surface area (Å²) < 4.78 is 0. The molecule has 1 aliphatic heterocycles. The Morgan fingerprint density at radius 2 is 1.72 bits per heavy atom. The topological polar surface area (TPSA) is 57.6 Å². The third-order valence-corrected chi connectivity index (χ3v) is 8.69. The molecule has 4 nitrogen and oxygen atoms in total. The number of nitrogens with zero attached hydrogens (tertiary/aromatic N) is 1. The highest BCUT2D eigenvalue weighted by atomic mass is 16.4. The third-order valence-electron chi connectivity index (χ3n) is 8.69. The SMILES string of the molecule is Cc1ccc(C23CC4CC(CC(C(=O)N5CCC(C(=O)O)C(C)C5)(C4)C2)C3)cc1. The van der Waals surface area contributed by atoms with Gasteiger partial charge in [-0.1, -0.05) is 36.8 Å². The molecule has 4 aliphatic carbocycles. The van der Waals surface area contributed by atoms with Gasteiger partial charge in [-0.15, -0.1) is 0 Å². The van der Waals surface area contributed by atoms with Crippen molar-refractivity contribution >= 4 is 11.9 Å². The van der Waals surface area contributed by atoms with Crippen molar-refractivity contribution in [1.29, 1.82) is 0 Å². The second-order valence-corrected chi connectivity index (χ2v) is 10.8. The number of hydrogen-bond acceptors (Lipinski definition) is 2. The van der Waals surface area contributed by atoms with E-state index in [-0.39, 0.29) is 22.7 Å². The molecule has 0 radical (unpaired) electrons. The van der Waals surface area contributed by atoms with E-state index in [9.17, 15) is 14.7 Å². The minimum atomic E-state index is -0.710. The summed E-state index contributed by atoms with van der Waals surface area (Å²) in [5.41, 5.74) is 2.68. The number of likely N-dealkylation sites (tertiary alicyclic amines) is 1. The van der Waals surface area contributed by atoms with Crippen molar-refractivity contribution in [3.05, 3.63) is 35.4 Å². The van der Waals surface area contributed by atoms with Crippen LogP contribution < -0.4 is 0 Å². The van der Waals surface area contributed by atoms with Gasteiger partial charge in [-0.3, -0.25) is 9.59 Å². The van der Waals surface area contributed by atoms with E-state index in [2.05, 4.69) is 31.2 Å². The Hall–Kier alpha value is -1.84. The number of benzene rings is 1. The van der Waals surface area contributed by atoms with Gasteiger partial charge < -0.3 is 10.0 Å². The van der Waals surface area contributed by atoms with Crippen LogP contribution in [0.3, 0.4) is 0 Å². The van der Waals surface area contributed by atoms with Crippen LogP contribution in [0.25, 0.3) is 0 Å². The normalized spacial score (nSPS) is 40.8. The van der Waals surface area contributed by atoms with Crippen molar-refractivity contribution in [2.24, 2.45) is 29.1 Å². The van der Waals surface area contributed by atoms with Crippen LogP contribution in [0.5, 0.6) is 0 Å². The van der Waals surface area contributed by atoms with E-state index >= 15 is 0 Å². The maximum Gasteiger partial charge on any atom is 0.306 e. The Labute approximate surface area is 173 Å². The number of hydrogen-bond donors (Lipinski definition) is 1. The van der Waals surface area contributed by atoms with E-state index in [4.69, 9.17) is 0 Å². The molecule has 1 N–H and O–H groups in total. The van der Waals surface area contributed by atoms with Crippen LogP contribution in [0.15, 0.2) is 24.3 Å². The number of carboxylic acids is 1. The van der Waals surface area contributed by atoms with Crippen LogP contribution in [0.1, 0.15) is 63.0 Å². The minimum Gasteiger partial charge on any atom is -0.481 e. The fourth-order valence-corrected chi connectivity index (χ4v) is 7.79. The zero-order chi connectivity index (χ0) is 20.4. The van der Waals surface area contributed by atoms with Crippen molar-refractivity contribution in [2.75, 3.05) is 13.1 Å². The number of carbonyl (C=O) groups is 2. The van der Waals surface area contributed by atoms with Gasteiger partial charge in [0.05, 0.1) is 11.3 Å². The van der Waals surface area contributed by atoms with E-state index in [0.29, 0.717) is 37.3 Å². The van der Waals surface area contributed by atoms with Crippen molar-refractivity contribution < 1.29 is 14.7 Å². The quantitative estimate of drug-likeness (QED) is 0.825. The van der Waals surface area contributed by atoms with Gasteiger partial charge in [-0.25, -0.2) is 0 Å². The zero-order valence-electron chi connectivity index (χ0n) is 17.7. The fraction of sp³-hybridized carbons (Fsp3) is 0.680. The second kappa shape index (κ2) is 6.58. The number of amides is 1.